The van der Waals surface area contributed by atoms with Gasteiger partial charge >= 0.3 is 0 Å². The number of aliphatic hydroxyl groups is 1. The van der Waals surface area contributed by atoms with E-state index in [1.165, 1.54) is 57.8 Å². The molecule has 4 atom stereocenters. The molecule has 4 aliphatic carbocycles. The zero-order valence-corrected chi connectivity index (χ0v) is 11.9. The average Bonchev–Trinajstić information content (AvgIpc) is 2.74. The van der Waals surface area contributed by atoms with Crippen LogP contribution in [0.3, 0.4) is 0 Å². The van der Waals surface area contributed by atoms with Crippen molar-refractivity contribution in [3.05, 3.63) is 0 Å². The van der Waals surface area contributed by atoms with Gasteiger partial charge < -0.3 is 5.11 Å². The normalized spacial score (nSPS) is 53.7. The first-order chi connectivity index (χ1) is 8.56. The monoisotopic (exact) mass is 248 g/mol. The van der Waals surface area contributed by atoms with Crippen molar-refractivity contribution in [1.29, 1.82) is 0 Å². The second kappa shape index (κ2) is 3.53. The summed E-state index contributed by atoms with van der Waals surface area (Å²) in [6, 6.07) is 0. The Morgan fingerprint density at radius 1 is 0.889 bits per heavy atom. The topological polar surface area (TPSA) is 20.2 Å². The van der Waals surface area contributed by atoms with E-state index in [1.807, 2.05) is 0 Å². The van der Waals surface area contributed by atoms with Gasteiger partial charge in [0.25, 0.3) is 0 Å². The summed E-state index contributed by atoms with van der Waals surface area (Å²) in [6.07, 6.45) is 14.9. The van der Waals surface area contributed by atoms with Crippen LogP contribution in [0.1, 0.15) is 77.6 Å². The molecule has 0 aromatic carbocycles. The molecule has 1 nitrogen and oxygen atoms in total. The maximum atomic E-state index is 11.2. The lowest BCUT2D eigenvalue weighted by atomic mass is 9.47. The Morgan fingerprint density at radius 2 is 1.67 bits per heavy atom. The third-order valence-electron chi connectivity index (χ3n) is 7.37. The van der Waals surface area contributed by atoms with Crippen LogP contribution in [-0.4, -0.2) is 10.7 Å². The molecule has 18 heavy (non-hydrogen) atoms. The fourth-order valence-electron chi connectivity index (χ4n) is 6.49. The lowest BCUT2D eigenvalue weighted by Crippen LogP contribution is -2.57. The fraction of sp³-hybridized carbons (Fsp3) is 1.00. The van der Waals surface area contributed by atoms with Crippen molar-refractivity contribution < 1.29 is 5.11 Å². The van der Waals surface area contributed by atoms with Crippen molar-refractivity contribution in [2.45, 2.75) is 83.2 Å². The Morgan fingerprint density at radius 3 is 2.44 bits per heavy atom. The van der Waals surface area contributed by atoms with Crippen LogP contribution in [0.5, 0.6) is 0 Å². The van der Waals surface area contributed by atoms with E-state index in [0.29, 0.717) is 16.7 Å². The quantitative estimate of drug-likeness (QED) is 0.678. The van der Waals surface area contributed by atoms with Crippen LogP contribution in [0.2, 0.25) is 0 Å². The molecular weight excluding hydrogens is 220 g/mol. The minimum absolute atomic E-state index is 0.276. The molecule has 0 aromatic heterocycles. The van der Waals surface area contributed by atoms with Crippen molar-refractivity contribution in [2.24, 2.45) is 22.7 Å². The Labute approximate surface area is 111 Å². The molecule has 0 radical (unpaired) electrons. The van der Waals surface area contributed by atoms with Crippen LogP contribution in [0.15, 0.2) is 0 Å². The number of rotatable bonds is 0. The van der Waals surface area contributed by atoms with Gasteiger partial charge in [-0.1, -0.05) is 26.2 Å². The number of fused-ring (bicyclic) bond motifs is 5. The molecule has 0 aromatic rings. The Balaban J connectivity index is 1.65. The van der Waals surface area contributed by atoms with Gasteiger partial charge in [-0.15, -0.1) is 0 Å². The molecule has 1 heteroatoms. The molecule has 4 fully saturated rings. The van der Waals surface area contributed by atoms with Gasteiger partial charge in [-0.2, -0.15) is 0 Å². The third kappa shape index (κ3) is 1.43. The maximum Gasteiger partial charge on any atom is 0.0684 e. The van der Waals surface area contributed by atoms with Gasteiger partial charge in [0.05, 0.1) is 5.60 Å². The molecule has 0 saturated heterocycles. The first-order valence-corrected chi connectivity index (χ1v) is 8.28. The summed E-state index contributed by atoms with van der Waals surface area (Å²) >= 11 is 0. The van der Waals surface area contributed by atoms with E-state index in [9.17, 15) is 5.11 Å². The smallest absolute Gasteiger partial charge is 0.0684 e. The van der Waals surface area contributed by atoms with Crippen LogP contribution in [0.25, 0.3) is 0 Å². The van der Waals surface area contributed by atoms with E-state index < -0.39 is 0 Å². The summed E-state index contributed by atoms with van der Waals surface area (Å²) in [5, 5.41) is 11.2. The van der Waals surface area contributed by atoms with Crippen LogP contribution in [-0.2, 0) is 0 Å². The minimum Gasteiger partial charge on any atom is -0.390 e. The molecule has 102 valence electrons. The highest BCUT2D eigenvalue weighted by Crippen LogP contribution is 2.69. The van der Waals surface area contributed by atoms with E-state index >= 15 is 0 Å². The second-order valence-corrected chi connectivity index (χ2v) is 8.47. The first-order valence-electron chi connectivity index (χ1n) is 8.28. The van der Waals surface area contributed by atoms with Gasteiger partial charge in [0.2, 0.25) is 0 Å². The van der Waals surface area contributed by atoms with Crippen molar-refractivity contribution >= 4 is 0 Å². The van der Waals surface area contributed by atoms with Gasteiger partial charge in [-0.05, 0) is 74.0 Å². The largest absolute Gasteiger partial charge is 0.390 e. The summed E-state index contributed by atoms with van der Waals surface area (Å²) in [5.74, 6) is 1.54. The average molecular weight is 248 g/mol. The van der Waals surface area contributed by atoms with E-state index in [4.69, 9.17) is 0 Å². The van der Waals surface area contributed by atoms with Gasteiger partial charge in [0.15, 0.2) is 0 Å². The molecule has 4 aliphatic rings. The van der Waals surface area contributed by atoms with Gasteiger partial charge in [-0.3, -0.25) is 0 Å². The van der Waals surface area contributed by atoms with Crippen LogP contribution in [0, 0.1) is 22.7 Å². The van der Waals surface area contributed by atoms with Gasteiger partial charge in [0, 0.05) is 0 Å². The summed E-state index contributed by atoms with van der Waals surface area (Å²) in [6.45, 7) is 2.45. The lowest BCUT2D eigenvalue weighted by molar-refractivity contribution is -0.170. The highest BCUT2D eigenvalue weighted by atomic mass is 16.3. The highest BCUT2D eigenvalue weighted by molar-refractivity contribution is 5.13. The zero-order chi connectivity index (χ0) is 12.4. The summed E-state index contributed by atoms with van der Waals surface area (Å²) < 4.78 is 0. The van der Waals surface area contributed by atoms with Crippen LogP contribution in [0.4, 0.5) is 0 Å². The van der Waals surface area contributed by atoms with Gasteiger partial charge in [0.1, 0.15) is 0 Å². The SMILES string of the molecule is C[C@@]12CCC[C@@](O)(C1)[C@@H]1CC3(CCCC3)[C@@H]1CC2. The first kappa shape index (κ1) is 11.8. The van der Waals surface area contributed by atoms with Crippen molar-refractivity contribution in [2.75, 3.05) is 0 Å². The molecule has 4 rings (SSSR count). The Bertz CT molecular complexity index is 357. The summed E-state index contributed by atoms with van der Waals surface area (Å²) in [4.78, 5) is 0. The minimum atomic E-state index is -0.276. The van der Waals surface area contributed by atoms with E-state index in [2.05, 4.69) is 6.92 Å². The molecule has 2 bridgehead atoms. The summed E-state index contributed by atoms with van der Waals surface area (Å²) in [7, 11) is 0. The van der Waals surface area contributed by atoms with E-state index in [1.54, 1.807) is 0 Å². The molecule has 0 unspecified atom stereocenters. The highest BCUT2D eigenvalue weighted by Gasteiger charge is 2.63. The molecule has 0 amide bonds. The molecule has 1 N–H and O–H groups in total. The molecular formula is C17H28O. The van der Waals surface area contributed by atoms with E-state index in [-0.39, 0.29) is 5.60 Å². The molecule has 4 saturated carbocycles. The third-order valence-corrected chi connectivity index (χ3v) is 7.37. The predicted octanol–water partition coefficient (Wildman–Crippen LogP) is 4.29. The van der Waals surface area contributed by atoms with Crippen molar-refractivity contribution in [1.82, 2.24) is 0 Å². The van der Waals surface area contributed by atoms with Crippen LogP contribution >= 0.6 is 0 Å². The lowest BCUT2D eigenvalue weighted by Gasteiger charge is -2.59. The zero-order valence-electron chi connectivity index (χ0n) is 11.9. The number of hydrogen-bond acceptors (Lipinski definition) is 1. The maximum absolute atomic E-state index is 11.2. The Hall–Kier alpha value is -0.0400. The fourth-order valence-corrected chi connectivity index (χ4v) is 6.49. The van der Waals surface area contributed by atoms with Crippen molar-refractivity contribution in [3.63, 3.8) is 0 Å². The van der Waals surface area contributed by atoms with Crippen LogP contribution < -0.4 is 0 Å². The molecule has 0 heterocycles. The molecule has 1 spiro atoms. The number of hydrogen-bond donors (Lipinski definition) is 1. The van der Waals surface area contributed by atoms with Gasteiger partial charge in [-0.25, -0.2) is 0 Å². The summed E-state index contributed by atoms with van der Waals surface area (Å²) in [5.41, 5.74) is 0.875. The molecule has 0 aliphatic heterocycles. The standard InChI is InChI=1S/C17H28O/c1-15-6-4-9-17(18,12-15)14-11-16(7-2-3-8-16)13(14)5-10-15/h13-14,18H,2-12H2,1H3/t13-,14-,15+,17-/m1/s1. The van der Waals surface area contributed by atoms with E-state index in [0.717, 1.165) is 18.8 Å². The van der Waals surface area contributed by atoms with Crippen molar-refractivity contribution in [3.8, 4) is 0 Å². The Kier molecular flexibility index (Phi) is 2.31. The second-order valence-electron chi connectivity index (χ2n) is 8.47. The predicted molar refractivity (Wildman–Crippen MR) is 73.3 cm³/mol.